The van der Waals surface area contributed by atoms with Crippen LogP contribution in [0.1, 0.15) is 19.8 Å². The minimum Gasteiger partial charge on any atom is -0.352 e. The van der Waals surface area contributed by atoms with Gasteiger partial charge in [0.2, 0.25) is 11.8 Å². The molecule has 2 amide bonds. The maximum Gasteiger partial charge on any atom is 0.240 e. The van der Waals surface area contributed by atoms with E-state index in [1.165, 1.54) is 17.8 Å². The van der Waals surface area contributed by atoms with Gasteiger partial charge in [0.1, 0.15) is 6.54 Å². The van der Waals surface area contributed by atoms with Crippen LogP contribution < -0.4 is 5.32 Å². The number of carbonyl (C=O) groups excluding carboxylic acids is 2. The number of carbonyl (C=O) groups is 2. The lowest BCUT2D eigenvalue weighted by Gasteiger charge is -2.31. The molecule has 1 aromatic carbocycles. The molecule has 8 heteroatoms. The number of hydrogen-bond donors (Lipinski definition) is 1. The van der Waals surface area contributed by atoms with Crippen LogP contribution in [0.5, 0.6) is 0 Å². The van der Waals surface area contributed by atoms with E-state index in [0.717, 1.165) is 12.1 Å². The molecule has 0 saturated carbocycles. The SMILES string of the molecule is CC(=O)N1CCC(NC(=O)Cn2cnc3cc(F)c(F)cc32)CC1. The fourth-order valence-corrected chi connectivity index (χ4v) is 2.95. The molecule has 0 radical (unpaired) electrons. The standard InChI is InChI=1S/C16H18F2N4O2/c1-10(23)21-4-2-11(3-5-21)20-16(24)8-22-9-19-14-6-12(17)13(18)7-15(14)22/h6-7,9,11H,2-5,8H2,1H3,(H,20,24). The maximum atomic E-state index is 13.4. The molecule has 1 aliphatic heterocycles. The first-order valence-electron chi connectivity index (χ1n) is 7.79. The van der Waals surface area contributed by atoms with E-state index in [1.807, 2.05) is 0 Å². The summed E-state index contributed by atoms with van der Waals surface area (Å²) >= 11 is 0. The molecule has 1 N–H and O–H groups in total. The summed E-state index contributed by atoms with van der Waals surface area (Å²) in [6, 6.07) is 2.06. The quantitative estimate of drug-likeness (QED) is 0.922. The lowest BCUT2D eigenvalue weighted by Crippen LogP contribution is -2.46. The predicted molar refractivity (Wildman–Crippen MR) is 83.1 cm³/mol. The van der Waals surface area contributed by atoms with Crippen LogP contribution in [-0.2, 0) is 16.1 Å². The number of amides is 2. The fourth-order valence-electron chi connectivity index (χ4n) is 2.95. The maximum absolute atomic E-state index is 13.4. The summed E-state index contributed by atoms with van der Waals surface area (Å²) in [4.78, 5) is 29.2. The molecule has 2 heterocycles. The van der Waals surface area contributed by atoms with E-state index < -0.39 is 11.6 Å². The second kappa shape index (κ2) is 6.54. The molecular weight excluding hydrogens is 318 g/mol. The van der Waals surface area contributed by atoms with E-state index in [-0.39, 0.29) is 24.4 Å². The Kier molecular flexibility index (Phi) is 4.46. The molecule has 1 saturated heterocycles. The van der Waals surface area contributed by atoms with Crippen molar-refractivity contribution in [3.8, 4) is 0 Å². The molecule has 1 fully saturated rings. The van der Waals surface area contributed by atoms with Gasteiger partial charge in [-0.3, -0.25) is 9.59 Å². The number of hydrogen-bond acceptors (Lipinski definition) is 3. The summed E-state index contributed by atoms with van der Waals surface area (Å²) in [5, 5.41) is 2.91. The second-order valence-electron chi connectivity index (χ2n) is 5.98. The zero-order chi connectivity index (χ0) is 17.3. The molecule has 0 spiro atoms. The van der Waals surface area contributed by atoms with Crippen molar-refractivity contribution in [3.05, 3.63) is 30.1 Å². The molecular formula is C16H18F2N4O2. The van der Waals surface area contributed by atoms with E-state index in [1.54, 1.807) is 4.90 Å². The van der Waals surface area contributed by atoms with E-state index in [2.05, 4.69) is 10.3 Å². The molecule has 0 unspecified atom stereocenters. The molecule has 128 valence electrons. The van der Waals surface area contributed by atoms with Crippen LogP contribution in [0.4, 0.5) is 8.78 Å². The molecule has 24 heavy (non-hydrogen) atoms. The van der Waals surface area contributed by atoms with Gasteiger partial charge in [0.05, 0.1) is 17.4 Å². The number of piperidine rings is 1. The number of benzene rings is 1. The van der Waals surface area contributed by atoms with Crippen molar-refractivity contribution in [3.63, 3.8) is 0 Å². The number of imidazole rings is 1. The highest BCUT2D eigenvalue weighted by Gasteiger charge is 2.22. The molecule has 3 rings (SSSR count). The van der Waals surface area contributed by atoms with Gasteiger partial charge in [-0.05, 0) is 12.8 Å². The van der Waals surface area contributed by atoms with Crippen LogP contribution >= 0.6 is 0 Å². The number of aromatic nitrogens is 2. The molecule has 0 atom stereocenters. The van der Waals surface area contributed by atoms with Gasteiger partial charge in [-0.2, -0.15) is 0 Å². The Morgan fingerprint density at radius 1 is 1.25 bits per heavy atom. The van der Waals surface area contributed by atoms with Crippen molar-refractivity contribution in [2.75, 3.05) is 13.1 Å². The van der Waals surface area contributed by atoms with Crippen molar-refractivity contribution in [2.24, 2.45) is 0 Å². The Hall–Kier alpha value is -2.51. The van der Waals surface area contributed by atoms with E-state index in [0.29, 0.717) is 37.0 Å². The normalized spacial score (nSPS) is 15.7. The second-order valence-corrected chi connectivity index (χ2v) is 5.98. The van der Waals surface area contributed by atoms with Crippen LogP contribution in [0.2, 0.25) is 0 Å². The minimum atomic E-state index is -0.971. The average molecular weight is 336 g/mol. The zero-order valence-corrected chi connectivity index (χ0v) is 13.3. The third kappa shape index (κ3) is 3.37. The number of halogens is 2. The predicted octanol–water partition coefficient (Wildman–Crippen LogP) is 1.44. The van der Waals surface area contributed by atoms with E-state index >= 15 is 0 Å². The fraction of sp³-hybridized carbons (Fsp3) is 0.438. The molecule has 0 bridgehead atoms. The van der Waals surface area contributed by atoms with Crippen LogP contribution in [-0.4, -0.2) is 45.4 Å². The van der Waals surface area contributed by atoms with Crippen LogP contribution in [0.15, 0.2) is 18.5 Å². The van der Waals surface area contributed by atoms with Gasteiger partial charge in [0.15, 0.2) is 11.6 Å². The van der Waals surface area contributed by atoms with Crippen LogP contribution in [0.3, 0.4) is 0 Å². The summed E-state index contributed by atoms with van der Waals surface area (Å²) < 4.78 is 28.0. The number of nitrogens with zero attached hydrogens (tertiary/aromatic N) is 3. The zero-order valence-electron chi connectivity index (χ0n) is 13.3. The van der Waals surface area contributed by atoms with Crippen molar-refractivity contribution in [1.82, 2.24) is 19.8 Å². The Balaban J connectivity index is 1.62. The monoisotopic (exact) mass is 336 g/mol. The Morgan fingerprint density at radius 3 is 2.58 bits per heavy atom. The smallest absolute Gasteiger partial charge is 0.240 e. The molecule has 0 aliphatic carbocycles. The minimum absolute atomic E-state index is 0.0112. The number of nitrogens with one attached hydrogen (secondary N) is 1. The molecule has 1 aromatic heterocycles. The van der Waals surface area contributed by atoms with Crippen LogP contribution in [0, 0.1) is 11.6 Å². The number of likely N-dealkylation sites (tertiary alicyclic amines) is 1. The van der Waals surface area contributed by atoms with Gasteiger partial charge in [0, 0.05) is 38.2 Å². The number of fused-ring (bicyclic) bond motifs is 1. The summed E-state index contributed by atoms with van der Waals surface area (Å²) in [5.41, 5.74) is 0.673. The highest BCUT2D eigenvalue weighted by atomic mass is 19.2. The van der Waals surface area contributed by atoms with Gasteiger partial charge in [-0.15, -0.1) is 0 Å². The molecule has 6 nitrogen and oxygen atoms in total. The lowest BCUT2D eigenvalue weighted by atomic mass is 10.1. The van der Waals surface area contributed by atoms with Gasteiger partial charge in [0.25, 0.3) is 0 Å². The largest absolute Gasteiger partial charge is 0.352 e. The van der Waals surface area contributed by atoms with Crippen molar-refractivity contribution in [1.29, 1.82) is 0 Å². The van der Waals surface area contributed by atoms with Crippen molar-refractivity contribution >= 4 is 22.8 Å². The first-order valence-corrected chi connectivity index (χ1v) is 7.79. The van der Waals surface area contributed by atoms with E-state index in [4.69, 9.17) is 0 Å². The lowest BCUT2D eigenvalue weighted by molar-refractivity contribution is -0.130. The third-order valence-corrected chi connectivity index (χ3v) is 4.28. The Bertz CT molecular complexity index is 782. The number of rotatable bonds is 3. The first-order chi connectivity index (χ1) is 11.4. The van der Waals surface area contributed by atoms with E-state index in [9.17, 15) is 18.4 Å². The highest BCUT2D eigenvalue weighted by molar-refractivity contribution is 5.80. The first kappa shape index (κ1) is 16.4. The summed E-state index contributed by atoms with van der Waals surface area (Å²) in [6.07, 6.45) is 2.80. The highest BCUT2D eigenvalue weighted by Crippen LogP contribution is 2.17. The van der Waals surface area contributed by atoms with Gasteiger partial charge >= 0.3 is 0 Å². The topological polar surface area (TPSA) is 67.2 Å². The van der Waals surface area contributed by atoms with Crippen LogP contribution in [0.25, 0.3) is 11.0 Å². The summed E-state index contributed by atoms with van der Waals surface area (Å²) in [5.74, 6) is -2.12. The molecule has 1 aliphatic rings. The Labute approximate surface area is 137 Å². The molecule has 2 aromatic rings. The van der Waals surface area contributed by atoms with Gasteiger partial charge in [-0.1, -0.05) is 0 Å². The third-order valence-electron chi connectivity index (χ3n) is 4.28. The van der Waals surface area contributed by atoms with Gasteiger partial charge in [-0.25, -0.2) is 13.8 Å². The van der Waals surface area contributed by atoms with Gasteiger partial charge < -0.3 is 14.8 Å². The van der Waals surface area contributed by atoms with Crippen molar-refractivity contribution < 1.29 is 18.4 Å². The Morgan fingerprint density at radius 2 is 1.92 bits per heavy atom. The van der Waals surface area contributed by atoms with Crippen molar-refractivity contribution in [2.45, 2.75) is 32.4 Å². The summed E-state index contributed by atoms with van der Waals surface area (Å²) in [6.45, 7) is 2.76. The average Bonchev–Trinajstić information content (AvgIpc) is 2.90. The summed E-state index contributed by atoms with van der Waals surface area (Å²) in [7, 11) is 0.